The van der Waals surface area contributed by atoms with Crippen LogP contribution in [0.1, 0.15) is 16.8 Å². The number of carbonyl (C=O) groups is 1. The van der Waals surface area contributed by atoms with Crippen molar-refractivity contribution in [1.82, 2.24) is 20.2 Å². The molecule has 0 aliphatic heterocycles. The summed E-state index contributed by atoms with van der Waals surface area (Å²) >= 11 is 1.48. The van der Waals surface area contributed by atoms with Crippen molar-refractivity contribution in [3.05, 3.63) is 108 Å². The maximum atomic E-state index is 12.6. The quantitative estimate of drug-likeness (QED) is 0.174. The van der Waals surface area contributed by atoms with Crippen molar-refractivity contribution in [2.75, 3.05) is 5.75 Å². The van der Waals surface area contributed by atoms with E-state index in [0.717, 1.165) is 44.0 Å². The lowest BCUT2D eigenvalue weighted by Crippen LogP contribution is -2.19. The fourth-order valence-electron chi connectivity index (χ4n) is 3.87. The van der Waals surface area contributed by atoms with Crippen LogP contribution in [0.3, 0.4) is 0 Å². The van der Waals surface area contributed by atoms with E-state index in [1.54, 1.807) is 6.21 Å². The summed E-state index contributed by atoms with van der Waals surface area (Å²) in [4.78, 5) is 18.2. The van der Waals surface area contributed by atoms with Crippen LogP contribution in [-0.2, 0) is 4.79 Å². The van der Waals surface area contributed by atoms with Gasteiger partial charge in [-0.1, -0.05) is 66.2 Å². The molecule has 5 aromatic rings. The number of aryl methyl sites for hydroxylation is 2. The van der Waals surface area contributed by atoms with Crippen LogP contribution in [0.25, 0.3) is 27.8 Å². The van der Waals surface area contributed by atoms with Crippen molar-refractivity contribution in [2.24, 2.45) is 5.10 Å². The van der Waals surface area contributed by atoms with Crippen molar-refractivity contribution < 1.29 is 4.79 Å². The van der Waals surface area contributed by atoms with E-state index in [9.17, 15) is 4.79 Å². The zero-order chi connectivity index (χ0) is 24.9. The summed E-state index contributed by atoms with van der Waals surface area (Å²) in [6.07, 6.45) is 3.57. The van der Waals surface area contributed by atoms with Crippen molar-refractivity contribution in [3.63, 3.8) is 0 Å². The second-order valence-corrected chi connectivity index (χ2v) is 9.46. The molecule has 5 rings (SSSR count). The minimum absolute atomic E-state index is 0.179. The Kier molecular flexibility index (Phi) is 6.91. The molecular weight excluding hydrogens is 466 g/mol. The molecule has 6 nitrogen and oxygen atoms in total. The zero-order valence-corrected chi connectivity index (χ0v) is 20.9. The number of rotatable bonds is 7. The van der Waals surface area contributed by atoms with Crippen molar-refractivity contribution in [3.8, 4) is 16.9 Å². The van der Waals surface area contributed by atoms with Gasteiger partial charge >= 0.3 is 0 Å². The third-order valence-electron chi connectivity index (χ3n) is 5.65. The number of para-hydroxylation sites is 2. The molecule has 0 spiro atoms. The number of amides is 1. The highest BCUT2D eigenvalue weighted by molar-refractivity contribution is 8.00. The van der Waals surface area contributed by atoms with E-state index in [1.165, 1.54) is 17.3 Å². The maximum Gasteiger partial charge on any atom is 0.250 e. The molecule has 0 aliphatic carbocycles. The highest BCUT2D eigenvalue weighted by Gasteiger charge is 2.12. The molecule has 0 saturated heterocycles. The molecule has 2 heterocycles. The van der Waals surface area contributed by atoms with Crippen LogP contribution in [0, 0.1) is 13.8 Å². The number of nitrogens with zero attached hydrogens (tertiary/aromatic N) is 4. The van der Waals surface area contributed by atoms with Gasteiger partial charge in [-0.25, -0.2) is 10.1 Å². The van der Waals surface area contributed by atoms with E-state index in [1.807, 2.05) is 90.6 Å². The average molecular weight is 492 g/mol. The average Bonchev–Trinajstić information content (AvgIpc) is 3.32. The number of carbonyl (C=O) groups excluding carboxylic acids is 1. The van der Waals surface area contributed by atoms with Crippen LogP contribution < -0.4 is 5.43 Å². The van der Waals surface area contributed by atoms with Crippen molar-refractivity contribution >= 4 is 34.8 Å². The summed E-state index contributed by atoms with van der Waals surface area (Å²) in [5.74, 6) is 0.0703. The molecule has 0 atom stereocenters. The van der Waals surface area contributed by atoms with Gasteiger partial charge in [-0.3, -0.25) is 9.78 Å². The van der Waals surface area contributed by atoms with Gasteiger partial charge < -0.3 is 0 Å². The molecule has 3 aromatic carbocycles. The molecule has 0 bridgehead atoms. The number of fused-ring (bicyclic) bond motifs is 1. The van der Waals surface area contributed by atoms with E-state index in [0.29, 0.717) is 0 Å². The molecule has 36 heavy (non-hydrogen) atoms. The summed E-state index contributed by atoms with van der Waals surface area (Å²) in [5.41, 5.74) is 9.23. The molecule has 0 fully saturated rings. The van der Waals surface area contributed by atoms with Gasteiger partial charge in [-0.15, -0.1) is 11.8 Å². The largest absolute Gasteiger partial charge is 0.272 e. The van der Waals surface area contributed by atoms with Gasteiger partial charge in [-0.05, 0) is 38.1 Å². The summed E-state index contributed by atoms with van der Waals surface area (Å²) in [7, 11) is 0. The van der Waals surface area contributed by atoms with Gasteiger partial charge in [0, 0.05) is 33.3 Å². The van der Waals surface area contributed by atoms with Gasteiger partial charge in [0.25, 0.3) is 0 Å². The number of aromatic nitrogens is 3. The predicted octanol–water partition coefficient (Wildman–Crippen LogP) is 5.95. The van der Waals surface area contributed by atoms with Gasteiger partial charge in [0.1, 0.15) is 5.69 Å². The highest BCUT2D eigenvalue weighted by atomic mass is 32.2. The SMILES string of the molecule is Cc1ccc(-c2nn(-c3ccccc3)cc2C=NNC(=O)CSc2cc(C)nc3ccccc23)cc1. The first kappa shape index (κ1) is 23.5. The van der Waals surface area contributed by atoms with Gasteiger partial charge in [-0.2, -0.15) is 10.2 Å². The van der Waals surface area contributed by atoms with Crippen LogP contribution in [0.4, 0.5) is 0 Å². The number of hydrogen-bond acceptors (Lipinski definition) is 5. The predicted molar refractivity (Wildman–Crippen MR) is 147 cm³/mol. The van der Waals surface area contributed by atoms with E-state index in [-0.39, 0.29) is 11.7 Å². The fraction of sp³-hybridized carbons (Fsp3) is 0.103. The lowest BCUT2D eigenvalue weighted by Gasteiger charge is -2.07. The molecule has 1 N–H and O–H groups in total. The van der Waals surface area contributed by atoms with Gasteiger partial charge in [0.15, 0.2) is 0 Å². The number of hydrazone groups is 1. The van der Waals surface area contributed by atoms with E-state index >= 15 is 0 Å². The lowest BCUT2D eigenvalue weighted by molar-refractivity contribution is -0.118. The highest BCUT2D eigenvalue weighted by Crippen LogP contribution is 2.27. The van der Waals surface area contributed by atoms with Crippen LogP contribution in [-0.4, -0.2) is 32.6 Å². The summed E-state index contributed by atoms with van der Waals surface area (Å²) < 4.78 is 1.82. The molecule has 0 saturated carbocycles. The molecule has 0 radical (unpaired) electrons. The summed E-state index contributed by atoms with van der Waals surface area (Å²) in [6, 6.07) is 28.1. The summed E-state index contributed by atoms with van der Waals surface area (Å²) in [6.45, 7) is 4.01. The number of thioether (sulfide) groups is 1. The topological polar surface area (TPSA) is 72.2 Å². The van der Waals surface area contributed by atoms with Gasteiger partial charge in [0.2, 0.25) is 5.91 Å². The van der Waals surface area contributed by atoms with Crippen LogP contribution in [0.2, 0.25) is 0 Å². The van der Waals surface area contributed by atoms with Gasteiger partial charge in [0.05, 0.1) is 23.2 Å². The van der Waals surface area contributed by atoms with E-state index in [2.05, 4.69) is 34.6 Å². The Morgan fingerprint density at radius 1 is 1.00 bits per heavy atom. The van der Waals surface area contributed by atoms with E-state index in [4.69, 9.17) is 5.10 Å². The third-order valence-corrected chi connectivity index (χ3v) is 6.70. The maximum absolute atomic E-state index is 12.6. The Labute approximate surface area is 214 Å². The molecule has 2 aromatic heterocycles. The Morgan fingerprint density at radius 3 is 2.56 bits per heavy atom. The molecule has 0 aliphatic rings. The summed E-state index contributed by atoms with van der Waals surface area (Å²) in [5, 5.41) is 10.1. The minimum atomic E-state index is -0.179. The Morgan fingerprint density at radius 2 is 1.75 bits per heavy atom. The van der Waals surface area contributed by atoms with Crippen molar-refractivity contribution in [1.29, 1.82) is 0 Å². The first-order valence-corrected chi connectivity index (χ1v) is 12.6. The minimum Gasteiger partial charge on any atom is -0.272 e. The first-order valence-electron chi connectivity index (χ1n) is 11.6. The Bertz CT molecular complexity index is 1540. The van der Waals surface area contributed by atoms with Crippen LogP contribution >= 0.6 is 11.8 Å². The standard InChI is InChI=1S/C29H25N5OS/c1-20-12-14-22(15-13-20)29-23(18-34(33-29)24-8-4-3-5-9-24)17-30-32-28(35)19-36-27-16-21(2)31-26-11-7-6-10-25(26)27/h3-18H,19H2,1-2H3,(H,32,35). The lowest BCUT2D eigenvalue weighted by atomic mass is 10.1. The molecule has 0 unspecified atom stereocenters. The smallest absolute Gasteiger partial charge is 0.250 e. The molecular formula is C29H25N5OS. The molecule has 1 amide bonds. The monoisotopic (exact) mass is 491 g/mol. The molecule has 7 heteroatoms. The number of benzene rings is 3. The number of pyridine rings is 1. The molecule has 178 valence electrons. The normalized spacial score (nSPS) is 11.3. The first-order chi connectivity index (χ1) is 17.6. The van der Waals surface area contributed by atoms with Crippen molar-refractivity contribution in [2.45, 2.75) is 18.7 Å². The van der Waals surface area contributed by atoms with E-state index < -0.39 is 0 Å². The number of nitrogens with one attached hydrogen (secondary N) is 1. The third kappa shape index (κ3) is 5.37. The van der Waals surface area contributed by atoms with Crippen LogP contribution in [0.15, 0.2) is 101 Å². The fourth-order valence-corrected chi connectivity index (χ4v) is 4.80. The van der Waals surface area contributed by atoms with Crippen LogP contribution in [0.5, 0.6) is 0 Å². The Balaban J connectivity index is 1.32. The number of hydrogen-bond donors (Lipinski definition) is 1. The second-order valence-electron chi connectivity index (χ2n) is 8.44. The second kappa shape index (κ2) is 10.6. The zero-order valence-electron chi connectivity index (χ0n) is 20.1. The Hall–Kier alpha value is -4.23.